The molecule has 8 aromatic carbocycles. The Bertz CT molecular complexity index is 2530. The van der Waals surface area contributed by atoms with Crippen LogP contribution in [-0.2, 0) is 0 Å². The van der Waals surface area contributed by atoms with Gasteiger partial charge in [0.2, 0.25) is 0 Å². The molecule has 9 aromatic rings. The van der Waals surface area contributed by atoms with Gasteiger partial charge in [0, 0.05) is 33.8 Å². The van der Waals surface area contributed by atoms with Crippen LogP contribution < -0.4 is 4.90 Å². The van der Waals surface area contributed by atoms with Crippen LogP contribution in [0, 0.1) is 0 Å². The standard InChI is InChI=1S/C44H29NO/c1-3-13-30(14-4-1)36-25-23-32(41-27-31-15-7-8-18-35(31)37-19-9-10-20-38(37)41)28-42(36)45(33-16-5-2-6-17-33)34-24-26-40-39-21-11-12-22-43(39)46-44(40)29-34/h1-29H. The summed E-state index contributed by atoms with van der Waals surface area (Å²) in [4.78, 5) is 2.36. The number of hydrogen-bond donors (Lipinski definition) is 0. The second-order valence-corrected chi connectivity index (χ2v) is 11.7. The van der Waals surface area contributed by atoms with E-state index >= 15 is 0 Å². The summed E-state index contributed by atoms with van der Waals surface area (Å²) in [5.74, 6) is 0. The predicted molar refractivity (Wildman–Crippen MR) is 194 cm³/mol. The van der Waals surface area contributed by atoms with Crippen molar-refractivity contribution in [2.45, 2.75) is 0 Å². The van der Waals surface area contributed by atoms with Crippen molar-refractivity contribution in [2.24, 2.45) is 0 Å². The molecule has 0 N–H and O–H groups in total. The maximum Gasteiger partial charge on any atom is 0.137 e. The minimum atomic E-state index is 0.873. The third-order valence-electron chi connectivity index (χ3n) is 9.04. The summed E-state index contributed by atoms with van der Waals surface area (Å²) in [6.07, 6.45) is 0. The molecular formula is C44H29NO. The zero-order valence-electron chi connectivity index (χ0n) is 25.1. The molecule has 2 nitrogen and oxygen atoms in total. The van der Waals surface area contributed by atoms with Gasteiger partial charge in [-0.05, 0) is 80.7 Å². The lowest BCUT2D eigenvalue weighted by atomic mass is 9.91. The lowest BCUT2D eigenvalue weighted by Crippen LogP contribution is -2.11. The van der Waals surface area contributed by atoms with E-state index < -0.39 is 0 Å². The van der Waals surface area contributed by atoms with Crippen LogP contribution >= 0.6 is 0 Å². The summed E-state index contributed by atoms with van der Waals surface area (Å²) < 4.78 is 6.39. The largest absolute Gasteiger partial charge is 0.456 e. The van der Waals surface area contributed by atoms with Gasteiger partial charge in [0.05, 0.1) is 5.69 Å². The van der Waals surface area contributed by atoms with E-state index in [0.29, 0.717) is 0 Å². The van der Waals surface area contributed by atoms with E-state index in [4.69, 9.17) is 4.42 Å². The van der Waals surface area contributed by atoms with Gasteiger partial charge in [-0.15, -0.1) is 0 Å². The van der Waals surface area contributed by atoms with Crippen molar-refractivity contribution in [3.8, 4) is 22.3 Å². The number of furan rings is 1. The van der Waals surface area contributed by atoms with Gasteiger partial charge >= 0.3 is 0 Å². The van der Waals surface area contributed by atoms with Crippen LogP contribution in [0.4, 0.5) is 17.1 Å². The predicted octanol–water partition coefficient (Wildman–Crippen LogP) is 12.7. The number of nitrogens with zero attached hydrogens (tertiary/aromatic N) is 1. The molecule has 0 saturated heterocycles. The van der Waals surface area contributed by atoms with E-state index in [1.54, 1.807) is 0 Å². The van der Waals surface area contributed by atoms with Gasteiger partial charge in [-0.3, -0.25) is 0 Å². The molecule has 9 rings (SSSR count). The van der Waals surface area contributed by atoms with E-state index in [2.05, 4.69) is 169 Å². The van der Waals surface area contributed by atoms with Gasteiger partial charge in [-0.2, -0.15) is 0 Å². The SMILES string of the molecule is c1ccc(-c2ccc(-c3cc4ccccc4c4ccccc34)cc2N(c2ccccc2)c2ccc3c(c2)oc2ccccc23)cc1. The van der Waals surface area contributed by atoms with Crippen LogP contribution in [0.2, 0.25) is 0 Å². The third kappa shape index (κ3) is 4.35. The Morgan fingerprint density at radius 3 is 1.83 bits per heavy atom. The van der Waals surface area contributed by atoms with Crippen LogP contribution in [0.3, 0.4) is 0 Å². The second kappa shape index (κ2) is 10.8. The Balaban J connectivity index is 1.33. The Morgan fingerprint density at radius 1 is 0.348 bits per heavy atom. The molecule has 216 valence electrons. The molecule has 0 unspecified atom stereocenters. The van der Waals surface area contributed by atoms with Crippen molar-refractivity contribution in [2.75, 3.05) is 4.90 Å². The lowest BCUT2D eigenvalue weighted by Gasteiger charge is -2.28. The molecule has 0 aliphatic carbocycles. The van der Waals surface area contributed by atoms with E-state index in [-0.39, 0.29) is 0 Å². The molecule has 0 atom stereocenters. The van der Waals surface area contributed by atoms with Crippen LogP contribution in [0.5, 0.6) is 0 Å². The molecule has 0 aliphatic heterocycles. The molecule has 0 aliphatic rings. The first-order valence-corrected chi connectivity index (χ1v) is 15.7. The molecule has 46 heavy (non-hydrogen) atoms. The zero-order valence-corrected chi connectivity index (χ0v) is 25.1. The average Bonchev–Trinajstić information content (AvgIpc) is 3.50. The molecule has 0 amide bonds. The highest BCUT2D eigenvalue weighted by Crippen LogP contribution is 2.45. The summed E-state index contributed by atoms with van der Waals surface area (Å²) in [7, 11) is 0. The second-order valence-electron chi connectivity index (χ2n) is 11.7. The molecule has 1 aromatic heterocycles. The first kappa shape index (κ1) is 26.3. The fraction of sp³-hybridized carbons (Fsp3) is 0. The quantitative estimate of drug-likeness (QED) is 0.186. The van der Waals surface area contributed by atoms with E-state index in [1.807, 2.05) is 12.1 Å². The highest BCUT2D eigenvalue weighted by Gasteiger charge is 2.20. The Labute approximate surface area is 267 Å². The van der Waals surface area contributed by atoms with Crippen LogP contribution in [-0.4, -0.2) is 0 Å². The van der Waals surface area contributed by atoms with Crippen molar-refractivity contribution in [1.82, 2.24) is 0 Å². The fourth-order valence-electron chi connectivity index (χ4n) is 6.90. The smallest absolute Gasteiger partial charge is 0.137 e. The van der Waals surface area contributed by atoms with Crippen molar-refractivity contribution in [3.63, 3.8) is 0 Å². The van der Waals surface area contributed by atoms with E-state index in [0.717, 1.165) is 50.1 Å². The summed E-state index contributed by atoms with van der Waals surface area (Å²) in [6, 6.07) is 62.8. The normalized spacial score (nSPS) is 11.5. The first-order valence-electron chi connectivity index (χ1n) is 15.7. The maximum absolute atomic E-state index is 6.39. The highest BCUT2D eigenvalue weighted by molar-refractivity contribution is 6.14. The fourth-order valence-corrected chi connectivity index (χ4v) is 6.90. The van der Waals surface area contributed by atoms with Crippen LogP contribution in [0.1, 0.15) is 0 Å². The van der Waals surface area contributed by atoms with Gasteiger partial charge in [0.25, 0.3) is 0 Å². The Morgan fingerprint density at radius 2 is 1.00 bits per heavy atom. The summed E-state index contributed by atoms with van der Waals surface area (Å²) >= 11 is 0. The van der Waals surface area contributed by atoms with E-state index in [1.165, 1.54) is 32.7 Å². The number of para-hydroxylation sites is 2. The molecular weight excluding hydrogens is 558 g/mol. The minimum Gasteiger partial charge on any atom is -0.456 e. The monoisotopic (exact) mass is 587 g/mol. The third-order valence-corrected chi connectivity index (χ3v) is 9.04. The maximum atomic E-state index is 6.39. The topological polar surface area (TPSA) is 16.4 Å². The Hall–Kier alpha value is -6.12. The molecule has 0 fully saturated rings. The molecule has 0 radical (unpaired) electrons. The number of hydrogen-bond acceptors (Lipinski definition) is 2. The van der Waals surface area contributed by atoms with Crippen molar-refractivity contribution < 1.29 is 4.42 Å². The summed E-state index contributed by atoms with van der Waals surface area (Å²) in [6.45, 7) is 0. The minimum absolute atomic E-state index is 0.873. The highest BCUT2D eigenvalue weighted by atomic mass is 16.3. The first-order chi connectivity index (χ1) is 22.8. The molecule has 2 heteroatoms. The van der Waals surface area contributed by atoms with Crippen LogP contribution in [0.15, 0.2) is 180 Å². The number of anilines is 3. The Kier molecular flexibility index (Phi) is 6.17. The van der Waals surface area contributed by atoms with Crippen molar-refractivity contribution in [3.05, 3.63) is 176 Å². The summed E-state index contributed by atoms with van der Waals surface area (Å²) in [5, 5.41) is 7.26. The number of fused-ring (bicyclic) bond motifs is 6. The van der Waals surface area contributed by atoms with Gasteiger partial charge < -0.3 is 9.32 Å². The van der Waals surface area contributed by atoms with Gasteiger partial charge in [-0.25, -0.2) is 0 Å². The van der Waals surface area contributed by atoms with Crippen molar-refractivity contribution in [1.29, 1.82) is 0 Å². The number of rotatable bonds is 5. The van der Waals surface area contributed by atoms with Crippen LogP contribution in [0.25, 0.3) is 65.7 Å². The molecule has 0 saturated carbocycles. The molecule has 0 bridgehead atoms. The number of benzene rings is 8. The van der Waals surface area contributed by atoms with Gasteiger partial charge in [-0.1, -0.05) is 127 Å². The van der Waals surface area contributed by atoms with Gasteiger partial charge in [0.15, 0.2) is 0 Å². The molecule has 0 spiro atoms. The van der Waals surface area contributed by atoms with Gasteiger partial charge in [0.1, 0.15) is 11.2 Å². The lowest BCUT2D eigenvalue weighted by molar-refractivity contribution is 0.669. The average molecular weight is 588 g/mol. The zero-order chi connectivity index (χ0) is 30.5. The van der Waals surface area contributed by atoms with Crippen molar-refractivity contribution >= 4 is 60.5 Å². The van der Waals surface area contributed by atoms with E-state index in [9.17, 15) is 0 Å². The summed E-state index contributed by atoms with van der Waals surface area (Å²) in [5.41, 5.74) is 9.70. The molecule has 1 heterocycles.